The van der Waals surface area contributed by atoms with Gasteiger partial charge in [-0.25, -0.2) is 0 Å². The minimum absolute atomic E-state index is 0.147. The summed E-state index contributed by atoms with van der Waals surface area (Å²) in [5, 5.41) is 3.19. The highest BCUT2D eigenvalue weighted by Gasteiger charge is 2.33. The molecule has 0 atom stereocenters. The largest absolute Gasteiger partial charge is 0.467 e. The predicted octanol–water partition coefficient (Wildman–Crippen LogP) is 4.53. The summed E-state index contributed by atoms with van der Waals surface area (Å²) in [6, 6.07) is 24.4. The molecule has 35 heavy (non-hydrogen) atoms. The van der Waals surface area contributed by atoms with Crippen LogP contribution < -0.4 is 30.1 Å². The molecule has 3 aromatic rings. The molecule has 0 spiro atoms. The molecule has 0 unspecified atom stereocenters. The normalized spacial score (nSPS) is 11.2. The topological polar surface area (TPSA) is 55.4 Å². The van der Waals surface area contributed by atoms with Gasteiger partial charge < -0.3 is 28.4 Å². The van der Waals surface area contributed by atoms with Crippen LogP contribution in [0.5, 0.6) is 17.2 Å². The van der Waals surface area contributed by atoms with Crippen LogP contribution in [0, 0.1) is 0 Å². The van der Waals surface area contributed by atoms with Gasteiger partial charge in [0.2, 0.25) is 0 Å². The van der Waals surface area contributed by atoms with Gasteiger partial charge in [-0.15, -0.1) is 0 Å². The highest BCUT2D eigenvalue weighted by atomic mass is 31.2. The van der Waals surface area contributed by atoms with E-state index in [9.17, 15) is 0 Å². The lowest BCUT2D eigenvalue weighted by molar-refractivity contribution is 0.0518. The van der Waals surface area contributed by atoms with Crippen LogP contribution in [0.1, 0.15) is 19.8 Å². The summed E-state index contributed by atoms with van der Waals surface area (Å²) >= 11 is 0. The quantitative estimate of drug-likeness (QED) is 0.241. The molecule has 188 valence electrons. The average molecular weight is 499 g/mol. The molecule has 6 nitrogen and oxygen atoms in total. The Bertz CT molecular complexity index is 982. The van der Waals surface area contributed by atoms with Gasteiger partial charge in [-0.05, 0) is 31.5 Å². The number of hydrogen-bond donors (Lipinski definition) is 0. The molecule has 0 fully saturated rings. The summed E-state index contributed by atoms with van der Waals surface area (Å²) < 4.78 is 34.1. The summed E-state index contributed by atoms with van der Waals surface area (Å²) in [5.74, 6) is 4.71. The lowest BCUT2D eigenvalue weighted by atomic mass is 10.3. The molecule has 0 radical (unpaired) electrons. The van der Waals surface area contributed by atoms with Crippen molar-refractivity contribution in [3.05, 3.63) is 72.8 Å². The summed E-state index contributed by atoms with van der Waals surface area (Å²) in [4.78, 5) is 0. The molecule has 0 amide bonds. The van der Waals surface area contributed by atoms with Crippen LogP contribution in [-0.2, 0) is 14.2 Å². The minimum Gasteiger partial charge on any atom is -0.467 e. The summed E-state index contributed by atoms with van der Waals surface area (Å²) in [7, 11) is 4.86. The van der Waals surface area contributed by atoms with E-state index in [1.807, 2.05) is 54.6 Å². The first kappa shape index (κ1) is 26.8. The number of benzene rings is 3. The Labute approximate surface area is 208 Å². The standard InChI is InChI=1S/C28H35O6P/c1-5-6-19-35(26-16-10-7-13-23(26)32-20-29-2,27-17-11-8-14-24(27)33-21-30-3)28-18-12-9-15-25(28)34-22-31-4/h7-19H,5-6,20-22H2,1-4H3. The third kappa shape index (κ3) is 6.28. The van der Waals surface area contributed by atoms with Gasteiger partial charge in [0.25, 0.3) is 0 Å². The molecule has 0 N–H and O–H groups in total. The fourth-order valence-electron chi connectivity index (χ4n) is 3.99. The van der Waals surface area contributed by atoms with Gasteiger partial charge in [0.1, 0.15) is 17.2 Å². The van der Waals surface area contributed by atoms with Gasteiger partial charge in [-0.1, -0.05) is 73.7 Å². The Balaban J connectivity index is 2.44. The van der Waals surface area contributed by atoms with Crippen molar-refractivity contribution in [1.29, 1.82) is 0 Å². The predicted molar refractivity (Wildman–Crippen MR) is 144 cm³/mol. The number of rotatable bonds is 14. The Morgan fingerprint density at radius 3 is 1.23 bits per heavy atom. The first-order valence-corrected chi connectivity index (χ1v) is 13.5. The van der Waals surface area contributed by atoms with Crippen molar-refractivity contribution in [2.75, 3.05) is 41.7 Å². The molecule has 7 heteroatoms. The Morgan fingerprint density at radius 2 is 0.914 bits per heavy atom. The maximum atomic E-state index is 6.11. The van der Waals surface area contributed by atoms with E-state index in [0.717, 1.165) is 46.0 Å². The van der Waals surface area contributed by atoms with E-state index in [1.54, 1.807) is 21.3 Å². The van der Waals surface area contributed by atoms with Gasteiger partial charge in [0, 0.05) is 37.2 Å². The zero-order valence-electron chi connectivity index (χ0n) is 20.9. The van der Waals surface area contributed by atoms with Crippen molar-refractivity contribution in [3.8, 4) is 17.2 Å². The number of methoxy groups -OCH3 is 3. The summed E-state index contributed by atoms with van der Waals surface area (Å²) in [6.45, 7) is 0.152. The van der Waals surface area contributed by atoms with E-state index < -0.39 is 6.89 Å². The monoisotopic (exact) mass is 498 g/mol. The molecule has 3 aromatic carbocycles. The molecule has 0 bridgehead atoms. The molecule has 0 aliphatic carbocycles. The molecule has 0 aromatic heterocycles. The zero-order chi connectivity index (χ0) is 24.9. The molecular weight excluding hydrogens is 463 g/mol. The Hall–Kier alpha value is -2.76. The van der Waals surface area contributed by atoms with Gasteiger partial charge >= 0.3 is 0 Å². The first-order valence-electron chi connectivity index (χ1n) is 11.6. The van der Waals surface area contributed by atoms with Crippen LogP contribution in [0.15, 0.2) is 72.8 Å². The SMILES string of the molecule is CCCC=P(c1ccccc1OCOC)(c1ccccc1OCOC)c1ccccc1OCOC. The van der Waals surface area contributed by atoms with Crippen molar-refractivity contribution in [2.45, 2.75) is 19.8 Å². The van der Waals surface area contributed by atoms with E-state index in [-0.39, 0.29) is 20.4 Å². The van der Waals surface area contributed by atoms with E-state index in [0.29, 0.717) is 0 Å². The zero-order valence-corrected chi connectivity index (χ0v) is 21.8. The average Bonchev–Trinajstić information content (AvgIpc) is 2.91. The molecular formula is C28H35O6P. The van der Waals surface area contributed by atoms with Gasteiger partial charge in [0.15, 0.2) is 20.4 Å². The van der Waals surface area contributed by atoms with Crippen molar-refractivity contribution in [2.24, 2.45) is 0 Å². The summed E-state index contributed by atoms with van der Waals surface area (Å²) in [5.41, 5.74) is 0. The Morgan fingerprint density at radius 1 is 0.571 bits per heavy atom. The number of hydrogen-bond acceptors (Lipinski definition) is 6. The maximum absolute atomic E-state index is 6.11. The van der Waals surface area contributed by atoms with Gasteiger partial charge in [-0.2, -0.15) is 0 Å². The number of unbranched alkanes of at least 4 members (excludes halogenated alkanes) is 1. The second-order valence-electron chi connectivity index (χ2n) is 7.75. The fraction of sp³-hybridized carbons (Fsp3) is 0.321. The van der Waals surface area contributed by atoms with E-state index >= 15 is 0 Å². The van der Waals surface area contributed by atoms with E-state index in [1.165, 1.54) is 0 Å². The van der Waals surface area contributed by atoms with Crippen LogP contribution in [0.25, 0.3) is 0 Å². The minimum atomic E-state index is -2.47. The molecule has 0 saturated heterocycles. The molecule has 3 rings (SSSR count). The smallest absolute Gasteiger partial charge is 0.188 e. The third-order valence-corrected chi connectivity index (χ3v) is 9.62. The maximum Gasteiger partial charge on any atom is 0.188 e. The van der Waals surface area contributed by atoms with E-state index in [2.05, 4.69) is 30.9 Å². The first-order chi connectivity index (χ1) is 17.2. The lowest BCUT2D eigenvalue weighted by Crippen LogP contribution is -2.31. The van der Waals surface area contributed by atoms with Crippen LogP contribution in [0.2, 0.25) is 0 Å². The molecule has 0 heterocycles. The van der Waals surface area contributed by atoms with Crippen molar-refractivity contribution in [1.82, 2.24) is 0 Å². The van der Waals surface area contributed by atoms with Crippen molar-refractivity contribution < 1.29 is 28.4 Å². The van der Waals surface area contributed by atoms with Crippen LogP contribution in [0.4, 0.5) is 0 Å². The highest BCUT2D eigenvalue weighted by Crippen LogP contribution is 2.51. The van der Waals surface area contributed by atoms with Crippen molar-refractivity contribution >= 4 is 28.6 Å². The fourth-order valence-corrected chi connectivity index (χ4v) is 8.42. The molecule has 0 aliphatic rings. The van der Waals surface area contributed by atoms with Crippen LogP contribution in [-0.4, -0.2) is 47.5 Å². The lowest BCUT2D eigenvalue weighted by Gasteiger charge is -2.32. The highest BCUT2D eigenvalue weighted by molar-refractivity contribution is 7.94. The second-order valence-corrected chi connectivity index (χ2v) is 11.0. The van der Waals surface area contributed by atoms with Crippen molar-refractivity contribution in [3.63, 3.8) is 0 Å². The van der Waals surface area contributed by atoms with Gasteiger partial charge in [-0.3, -0.25) is 0 Å². The number of ether oxygens (including phenoxy) is 6. The molecule has 0 saturated carbocycles. The summed E-state index contributed by atoms with van der Waals surface area (Å²) in [6.07, 6.45) is 1.88. The van der Waals surface area contributed by atoms with Gasteiger partial charge in [0.05, 0.1) is 0 Å². The number of para-hydroxylation sites is 3. The van der Waals surface area contributed by atoms with Crippen LogP contribution >= 0.6 is 6.89 Å². The molecule has 0 aliphatic heterocycles. The third-order valence-electron chi connectivity index (χ3n) is 5.42. The van der Waals surface area contributed by atoms with E-state index in [4.69, 9.17) is 28.4 Å². The Kier molecular flexibility index (Phi) is 10.7. The second kappa shape index (κ2) is 14.0. The van der Waals surface area contributed by atoms with Crippen LogP contribution in [0.3, 0.4) is 0 Å².